The summed E-state index contributed by atoms with van der Waals surface area (Å²) in [4.78, 5) is 19.9. The standard InChI is InChI=1S/C16H16FN5O5S/c1-4-27-14(23)10-6-5-7-11(17)12(10)21-28(24,25)16-19-15-18-13(26-3)9(2)8-22(15)20-16/h5-8,21H,4H2,1-3H3. The second-order valence-corrected chi connectivity index (χ2v) is 7.14. The van der Waals surface area contributed by atoms with E-state index in [9.17, 15) is 17.6 Å². The van der Waals surface area contributed by atoms with E-state index in [0.29, 0.717) is 5.56 Å². The number of fused-ring (bicyclic) bond motifs is 1. The highest BCUT2D eigenvalue weighted by molar-refractivity contribution is 7.92. The van der Waals surface area contributed by atoms with Gasteiger partial charge in [-0.1, -0.05) is 6.07 Å². The first kappa shape index (κ1) is 19.5. The van der Waals surface area contributed by atoms with E-state index in [2.05, 4.69) is 15.1 Å². The molecule has 0 amide bonds. The van der Waals surface area contributed by atoms with Gasteiger partial charge in [0.1, 0.15) is 5.82 Å². The molecule has 0 aliphatic heterocycles. The van der Waals surface area contributed by atoms with Gasteiger partial charge in [0.15, 0.2) is 0 Å². The van der Waals surface area contributed by atoms with Crippen LogP contribution in [0.3, 0.4) is 0 Å². The molecule has 0 saturated heterocycles. The summed E-state index contributed by atoms with van der Waals surface area (Å²) in [5.41, 5.74) is -0.220. The zero-order chi connectivity index (χ0) is 20.5. The Kier molecular flexibility index (Phi) is 5.14. The molecule has 1 aromatic carbocycles. The number of benzene rings is 1. The average Bonchev–Trinajstić information content (AvgIpc) is 3.06. The van der Waals surface area contributed by atoms with Crippen LogP contribution in [-0.4, -0.2) is 47.7 Å². The Morgan fingerprint density at radius 1 is 1.32 bits per heavy atom. The van der Waals surface area contributed by atoms with Crippen molar-refractivity contribution in [3.63, 3.8) is 0 Å². The number of para-hydroxylation sites is 1. The van der Waals surface area contributed by atoms with Gasteiger partial charge in [0.25, 0.3) is 21.0 Å². The second kappa shape index (κ2) is 7.38. The average molecular weight is 409 g/mol. The lowest BCUT2D eigenvalue weighted by Gasteiger charge is -2.11. The minimum Gasteiger partial charge on any atom is -0.481 e. The molecule has 0 radical (unpaired) electrons. The third kappa shape index (κ3) is 3.58. The number of hydrogen-bond donors (Lipinski definition) is 1. The summed E-state index contributed by atoms with van der Waals surface area (Å²) in [6.07, 6.45) is 1.49. The zero-order valence-electron chi connectivity index (χ0n) is 15.1. The Balaban J connectivity index is 2.03. The minimum absolute atomic E-state index is 0.0259. The number of carbonyl (C=O) groups is 1. The smallest absolute Gasteiger partial charge is 0.340 e. The largest absolute Gasteiger partial charge is 0.481 e. The van der Waals surface area contributed by atoms with Crippen LogP contribution in [0.4, 0.5) is 10.1 Å². The Morgan fingerprint density at radius 2 is 2.07 bits per heavy atom. The Morgan fingerprint density at radius 3 is 2.75 bits per heavy atom. The van der Waals surface area contributed by atoms with Crippen LogP contribution in [-0.2, 0) is 14.8 Å². The van der Waals surface area contributed by atoms with E-state index in [1.165, 1.54) is 25.4 Å². The van der Waals surface area contributed by atoms with Gasteiger partial charge in [-0.3, -0.25) is 4.72 Å². The van der Waals surface area contributed by atoms with Crippen molar-refractivity contribution in [2.75, 3.05) is 18.4 Å². The number of nitrogens with one attached hydrogen (secondary N) is 1. The van der Waals surface area contributed by atoms with E-state index in [-0.39, 0.29) is 23.8 Å². The summed E-state index contributed by atoms with van der Waals surface area (Å²) in [6, 6.07) is 3.51. The van der Waals surface area contributed by atoms with Crippen molar-refractivity contribution in [2.45, 2.75) is 19.0 Å². The summed E-state index contributed by atoms with van der Waals surface area (Å²) in [5, 5.41) is 3.21. The van der Waals surface area contributed by atoms with Crippen LogP contribution in [0.25, 0.3) is 5.78 Å². The molecule has 0 bridgehead atoms. The van der Waals surface area contributed by atoms with E-state index in [4.69, 9.17) is 9.47 Å². The van der Waals surface area contributed by atoms with Gasteiger partial charge < -0.3 is 9.47 Å². The third-order valence-corrected chi connectivity index (χ3v) is 4.75. The minimum atomic E-state index is -4.42. The van der Waals surface area contributed by atoms with Crippen LogP contribution < -0.4 is 9.46 Å². The highest BCUT2D eigenvalue weighted by Crippen LogP contribution is 2.24. The Hall–Kier alpha value is -3.28. The van der Waals surface area contributed by atoms with Crippen molar-refractivity contribution in [1.29, 1.82) is 0 Å². The quantitative estimate of drug-likeness (QED) is 0.608. The summed E-state index contributed by atoms with van der Waals surface area (Å²) in [7, 11) is -3.01. The van der Waals surface area contributed by atoms with Gasteiger partial charge in [-0.2, -0.15) is 18.4 Å². The molecule has 0 fully saturated rings. The number of esters is 1. The molecule has 1 N–H and O–H groups in total. The zero-order valence-corrected chi connectivity index (χ0v) is 15.9. The molecule has 0 spiro atoms. The molecular weight excluding hydrogens is 393 g/mol. The van der Waals surface area contributed by atoms with Crippen LogP contribution in [0.5, 0.6) is 5.88 Å². The van der Waals surface area contributed by atoms with Crippen LogP contribution in [0.1, 0.15) is 22.8 Å². The highest BCUT2D eigenvalue weighted by atomic mass is 32.2. The number of anilines is 1. The molecular formula is C16H16FN5O5S. The number of hydrogen-bond acceptors (Lipinski definition) is 8. The van der Waals surface area contributed by atoms with Crippen LogP contribution in [0.15, 0.2) is 29.6 Å². The molecule has 12 heteroatoms. The number of methoxy groups -OCH3 is 1. The van der Waals surface area contributed by atoms with Gasteiger partial charge in [0, 0.05) is 11.8 Å². The first-order chi connectivity index (χ1) is 13.3. The number of nitrogens with zero attached hydrogens (tertiary/aromatic N) is 4. The fourth-order valence-electron chi connectivity index (χ4n) is 2.38. The molecule has 0 aliphatic carbocycles. The predicted octanol–water partition coefficient (Wildman–Crippen LogP) is 1.56. The van der Waals surface area contributed by atoms with E-state index in [1.54, 1.807) is 13.8 Å². The van der Waals surface area contributed by atoms with Crippen molar-refractivity contribution >= 4 is 27.5 Å². The van der Waals surface area contributed by atoms with Crippen molar-refractivity contribution in [1.82, 2.24) is 19.6 Å². The first-order valence-electron chi connectivity index (χ1n) is 8.03. The Bertz CT molecular complexity index is 1160. The summed E-state index contributed by atoms with van der Waals surface area (Å²) >= 11 is 0. The van der Waals surface area contributed by atoms with Crippen LogP contribution in [0.2, 0.25) is 0 Å². The fraction of sp³-hybridized carbons (Fsp3) is 0.250. The lowest BCUT2D eigenvalue weighted by atomic mass is 10.2. The molecule has 2 heterocycles. The van der Waals surface area contributed by atoms with Gasteiger partial charge in [0.05, 0.1) is 25.0 Å². The molecule has 2 aromatic heterocycles. The number of sulfonamides is 1. The molecule has 0 saturated carbocycles. The van der Waals surface area contributed by atoms with Crippen molar-refractivity contribution in [3.05, 3.63) is 41.3 Å². The molecule has 3 aromatic rings. The molecule has 0 atom stereocenters. The van der Waals surface area contributed by atoms with Gasteiger partial charge >= 0.3 is 5.97 Å². The van der Waals surface area contributed by atoms with Gasteiger partial charge in [-0.05, 0) is 26.0 Å². The lowest BCUT2D eigenvalue weighted by molar-refractivity contribution is 0.0527. The summed E-state index contributed by atoms with van der Waals surface area (Å²) in [6.45, 7) is 3.32. The number of rotatable bonds is 6. The van der Waals surface area contributed by atoms with E-state index >= 15 is 0 Å². The normalized spacial score (nSPS) is 11.4. The lowest BCUT2D eigenvalue weighted by Crippen LogP contribution is -2.19. The van der Waals surface area contributed by atoms with Crippen molar-refractivity contribution in [3.8, 4) is 5.88 Å². The molecule has 10 nitrogen and oxygen atoms in total. The first-order valence-corrected chi connectivity index (χ1v) is 9.51. The maximum atomic E-state index is 14.2. The number of aromatic nitrogens is 4. The maximum Gasteiger partial charge on any atom is 0.340 e. The van der Waals surface area contributed by atoms with Gasteiger partial charge in [-0.15, -0.1) is 5.10 Å². The molecule has 3 rings (SSSR count). The Labute approximate surface area is 159 Å². The number of ether oxygens (including phenoxy) is 2. The monoisotopic (exact) mass is 409 g/mol. The second-order valence-electron chi connectivity index (χ2n) is 5.56. The molecule has 0 aliphatic rings. The number of carbonyl (C=O) groups excluding carboxylic acids is 1. The molecule has 0 unspecified atom stereocenters. The van der Waals surface area contributed by atoms with Crippen LogP contribution >= 0.6 is 0 Å². The summed E-state index contributed by atoms with van der Waals surface area (Å²) in [5.74, 6) is -1.59. The SMILES string of the molecule is CCOC(=O)c1cccc(F)c1NS(=O)(=O)c1nc2nc(OC)c(C)cn2n1. The molecule has 28 heavy (non-hydrogen) atoms. The van der Waals surface area contributed by atoms with Crippen molar-refractivity contribution in [2.24, 2.45) is 0 Å². The molecule has 148 valence electrons. The number of aryl methyl sites for hydroxylation is 1. The highest BCUT2D eigenvalue weighted by Gasteiger charge is 2.26. The van der Waals surface area contributed by atoms with Crippen molar-refractivity contribution < 1.29 is 27.1 Å². The van der Waals surface area contributed by atoms with E-state index in [0.717, 1.165) is 10.6 Å². The topological polar surface area (TPSA) is 125 Å². The number of halogens is 1. The maximum absolute atomic E-state index is 14.2. The van der Waals surface area contributed by atoms with Gasteiger partial charge in [-0.25, -0.2) is 13.7 Å². The van der Waals surface area contributed by atoms with Gasteiger partial charge in [0.2, 0.25) is 5.88 Å². The predicted molar refractivity (Wildman–Crippen MR) is 95.2 cm³/mol. The van der Waals surface area contributed by atoms with E-state index < -0.39 is 32.7 Å². The third-order valence-electron chi connectivity index (χ3n) is 3.63. The summed E-state index contributed by atoms with van der Waals surface area (Å²) < 4.78 is 52.6. The van der Waals surface area contributed by atoms with E-state index in [1.807, 2.05) is 4.72 Å². The van der Waals surface area contributed by atoms with Crippen LogP contribution in [0, 0.1) is 12.7 Å². The fourth-order valence-corrected chi connectivity index (χ4v) is 3.35.